The second-order valence-electron chi connectivity index (χ2n) is 3.43. The van der Waals surface area contributed by atoms with Gasteiger partial charge in [0.25, 0.3) is 0 Å². The molecule has 0 atom stereocenters. The zero-order valence-electron chi connectivity index (χ0n) is 10.6. The van der Waals surface area contributed by atoms with Crippen molar-refractivity contribution in [3.63, 3.8) is 0 Å². The Hall–Kier alpha value is -1.30. The topological polar surface area (TPSA) is 62.9 Å². The molecule has 0 aromatic heterocycles. The molecule has 0 bridgehead atoms. The van der Waals surface area contributed by atoms with Crippen LogP contribution in [0.1, 0.15) is 5.56 Å². The summed E-state index contributed by atoms with van der Waals surface area (Å²) in [4.78, 5) is 0. The molecule has 96 valence electrons. The molecule has 5 nitrogen and oxygen atoms in total. The van der Waals surface area contributed by atoms with Gasteiger partial charge >= 0.3 is 0 Å². The highest BCUT2D eigenvalue weighted by Crippen LogP contribution is 2.35. The van der Waals surface area contributed by atoms with E-state index in [0.717, 1.165) is 5.56 Å². The van der Waals surface area contributed by atoms with Crippen molar-refractivity contribution in [1.29, 1.82) is 0 Å². The van der Waals surface area contributed by atoms with Crippen LogP contribution >= 0.6 is 0 Å². The monoisotopic (exact) mass is 241 g/mol. The summed E-state index contributed by atoms with van der Waals surface area (Å²) in [6.45, 7) is 0.183. The van der Waals surface area contributed by atoms with Gasteiger partial charge < -0.3 is 24.7 Å². The zero-order chi connectivity index (χ0) is 12.9. The van der Waals surface area contributed by atoms with E-state index in [1.54, 1.807) is 40.6 Å². The second-order valence-corrected chi connectivity index (χ2v) is 3.43. The molecule has 0 unspecified atom stereocenters. The molecule has 0 saturated carbocycles. The smallest absolute Gasteiger partial charge is 0.210 e. The molecule has 5 heteroatoms. The molecule has 0 radical (unpaired) electrons. The minimum Gasteiger partial charge on any atom is -0.497 e. The van der Waals surface area contributed by atoms with Crippen molar-refractivity contribution >= 4 is 0 Å². The number of ether oxygens (including phenoxy) is 4. The van der Waals surface area contributed by atoms with Crippen LogP contribution in [0, 0.1) is 0 Å². The van der Waals surface area contributed by atoms with Crippen molar-refractivity contribution in [1.82, 2.24) is 0 Å². The highest BCUT2D eigenvalue weighted by atomic mass is 16.7. The summed E-state index contributed by atoms with van der Waals surface area (Å²) < 4.78 is 21.2. The van der Waals surface area contributed by atoms with Gasteiger partial charge in [-0.2, -0.15) is 0 Å². The van der Waals surface area contributed by atoms with Crippen LogP contribution in [-0.2, 0) is 15.3 Å². The molecule has 2 N–H and O–H groups in total. The Morgan fingerprint density at radius 3 is 2.12 bits per heavy atom. The molecule has 0 spiro atoms. The van der Waals surface area contributed by atoms with E-state index in [-0.39, 0.29) is 6.54 Å². The largest absolute Gasteiger partial charge is 0.497 e. The van der Waals surface area contributed by atoms with Crippen LogP contribution in [0.4, 0.5) is 0 Å². The molecule has 1 rings (SSSR count). The fourth-order valence-corrected chi connectivity index (χ4v) is 1.69. The predicted molar refractivity (Wildman–Crippen MR) is 64.3 cm³/mol. The minimum absolute atomic E-state index is 0.183. The molecule has 0 saturated heterocycles. The number of hydrogen-bond acceptors (Lipinski definition) is 5. The van der Waals surface area contributed by atoms with Gasteiger partial charge in [0.05, 0.1) is 26.3 Å². The lowest BCUT2D eigenvalue weighted by atomic mass is 10.0. The van der Waals surface area contributed by atoms with Crippen LogP contribution in [0.5, 0.6) is 11.5 Å². The van der Waals surface area contributed by atoms with E-state index in [0.29, 0.717) is 11.5 Å². The fraction of sp³-hybridized carbons (Fsp3) is 0.500. The highest BCUT2D eigenvalue weighted by molar-refractivity contribution is 5.43. The van der Waals surface area contributed by atoms with Gasteiger partial charge in [-0.25, -0.2) is 0 Å². The average molecular weight is 241 g/mol. The van der Waals surface area contributed by atoms with Crippen LogP contribution in [0.15, 0.2) is 18.2 Å². The summed E-state index contributed by atoms with van der Waals surface area (Å²) in [6.07, 6.45) is 0. The summed E-state index contributed by atoms with van der Waals surface area (Å²) in [6, 6.07) is 5.38. The first-order chi connectivity index (χ1) is 8.17. The summed E-state index contributed by atoms with van der Waals surface area (Å²) in [5.74, 6) is 0.305. The first-order valence-electron chi connectivity index (χ1n) is 5.20. The lowest BCUT2D eigenvalue weighted by molar-refractivity contribution is -0.208. The summed E-state index contributed by atoms with van der Waals surface area (Å²) in [5.41, 5.74) is 6.45. The number of hydrogen-bond donors (Lipinski definition) is 1. The third kappa shape index (κ3) is 2.52. The molecule has 1 aromatic carbocycles. The number of benzene rings is 1. The van der Waals surface area contributed by atoms with Gasteiger partial charge in [0.2, 0.25) is 5.79 Å². The maximum atomic E-state index is 5.72. The van der Waals surface area contributed by atoms with Crippen LogP contribution < -0.4 is 15.2 Å². The Labute approximate surface area is 101 Å². The molecule has 0 heterocycles. The summed E-state index contributed by atoms with van der Waals surface area (Å²) >= 11 is 0. The van der Waals surface area contributed by atoms with Crippen molar-refractivity contribution in [2.45, 2.75) is 5.79 Å². The molecule has 0 aliphatic carbocycles. The van der Waals surface area contributed by atoms with Crippen molar-refractivity contribution in [3.8, 4) is 11.5 Å². The van der Waals surface area contributed by atoms with Crippen LogP contribution in [-0.4, -0.2) is 35.0 Å². The molecule has 0 aliphatic heterocycles. The van der Waals surface area contributed by atoms with Gasteiger partial charge in [-0.3, -0.25) is 0 Å². The molecular formula is C12H19NO4. The van der Waals surface area contributed by atoms with E-state index in [1.165, 1.54) is 0 Å². The lowest BCUT2D eigenvalue weighted by Gasteiger charge is -2.31. The molecule has 17 heavy (non-hydrogen) atoms. The SMILES string of the molecule is COc1ccc(C(CN)(OC)OC)c(OC)c1. The fourth-order valence-electron chi connectivity index (χ4n) is 1.69. The van der Waals surface area contributed by atoms with Crippen molar-refractivity contribution in [3.05, 3.63) is 23.8 Å². The van der Waals surface area contributed by atoms with Crippen LogP contribution in [0.25, 0.3) is 0 Å². The Balaban J connectivity index is 3.28. The van der Waals surface area contributed by atoms with E-state index in [9.17, 15) is 0 Å². The lowest BCUT2D eigenvalue weighted by Crippen LogP contribution is -2.39. The first kappa shape index (κ1) is 13.8. The van der Waals surface area contributed by atoms with Gasteiger partial charge in [-0.05, 0) is 12.1 Å². The van der Waals surface area contributed by atoms with Gasteiger partial charge in [-0.15, -0.1) is 0 Å². The Morgan fingerprint density at radius 1 is 1.06 bits per heavy atom. The van der Waals surface area contributed by atoms with Crippen molar-refractivity contribution in [2.24, 2.45) is 5.73 Å². The number of nitrogens with two attached hydrogens (primary N) is 1. The quantitative estimate of drug-likeness (QED) is 0.756. The Kier molecular flexibility index (Phi) is 4.74. The van der Waals surface area contributed by atoms with E-state index in [2.05, 4.69) is 0 Å². The van der Waals surface area contributed by atoms with E-state index in [4.69, 9.17) is 24.7 Å². The Bertz CT molecular complexity index is 355. The van der Waals surface area contributed by atoms with Crippen LogP contribution in [0.2, 0.25) is 0 Å². The standard InChI is InChI=1S/C12H19NO4/c1-14-9-5-6-10(11(7-9)15-2)12(8-13,16-3)17-4/h5-7H,8,13H2,1-4H3. The number of rotatable bonds is 6. The van der Waals surface area contributed by atoms with Gasteiger partial charge in [0.1, 0.15) is 11.5 Å². The third-order valence-electron chi connectivity index (χ3n) is 2.75. The highest BCUT2D eigenvalue weighted by Gasteiger charge is 2.33. The van der Waals surface area contributed by atoms with Crippen molar-refractivity contribution in [2.75, 3.05) is 35.0 Å². The molecule has 1 aromatic rings. The second kappa shape index (κ2) is 5.86. The molecule has 0 amide bonds. The predicted octanol–water partition coefficient (Wildman–Crippen LogP) is 1.11. The van der Waals surface area contributed by atoms with Gasteiger partial charge in [-0.1, -0.05) is 0 Å². The third-order valence-corrected chi connectivity index (χ3v) is 2.75. The summed E-state index contributed by atoms with van der Waals surface area (Å²) in [7, 11) is 6.25. The summed E-state index contributed by atoms with van der Waals surface area (Å²) in [5, 5.41) is 0. The van der Waals surface area contributed by atoms with Crippen LogP contribution in [0.3, 0.4) is 0 Å². The first-order valence-corrected chi connectivity index (χ1v) is 5.20. The van der Waals surface area contributed by atoms with E-state index < -0.39 is 5.79 Å². The normalized spacial score (nSPS) is 11.4. The van der Waals surface area contributed by atoms with Crippen molar-refractivity contribution < 1.29 is 18.9 Å². The molecule has 0 aliphatic rings. The van der Waals surface area contributed by atoms with Gasteiger partial charge in [0.15, 0.2) is 0 Å². The molecular weight excluding hydrogens is 222 g/mol. The maximum absolute atomic E-state index is 5.72. The minimum atomic E-state index is -1.00. The number of methoxy groups -OCH3 is 4. The molecule has 0 fully saturated rings. The zero-order valence-corrected chi connectivity index (χ0v) is 10.6. The van der Waals surface area contributed by atoms with E-state index >= 15 is 0 Å². The van der Waals surface area contributed by atoms with E-state index in [1.807, 2.05) is 6.07 Å². The maximum Gasteiger partial charge on any atom is 0.210 e. The Morgan fingerprint density at radius 2 is 1.71 bits per heavy atom. The van der Waals surface area contributed by atoms with Gasteiger partial charge in [0, 0.05) is 20.3 Å². The average Bonchev–Trinajstić information content (AvgIpc) is 2.41.